The molecule has 22 heavy (non-hydrogen) atoms. The Labute approximate surface area is 151 Å². The van der Waals surface area contributed by atoms with Gasteiger partial charge in [0.05, 0.1) is 16.3 Å². The SMILES string of the molecule is O=C(NN=Cc1cc(Br)ccc1O)c1cc(Br)cc(Br)c1O. The number of hydrogen-bond acceptors (Lipinski definition) is 4. The molecule has 0 unspecified atom stereocenters. The Hall–Kier alpha value is -1.38. The van der Waals surface area contributed by atoms with E-state index in [9.17, 15) is 15.0 Å². The van der Waals surface area contributed by atoms with Crippen LogP contribution in [0.4, 0.5) is 0 Å². The molecule has 0 aliphatic rings. The van der Waals surface area contributed by atoms with Crippen molar-refractivity contribution in [1.82, 2.24) is 5.43 Å². The van der Waals surface area contributed by atoms with Gasteiger partial charge in [0.15, 0.2) is 0 Å². The first-order valence-corrected chi connectivity index (χ1v) is 8.26. The number of hydrogen-bond donors (Lipinski definition) is 3. The molecule has 2 rings (SSSR count). The van der Waals surface area contributed by atoms with Gasteiger partial charge in [-0.1, -0.05) is 31.9 Å². The van der Waals surface area contributed by atoms with E-state index in [1.165, 1.54) is 18.3 Å². The summed E-state index contributed by atoms with van der Waals surface area (Å²) in [5.41, 5.74) is 2.80. The van der Waals surface area contributed by atoms with E-state index in [1.54, 1.807) is 18.2 Å². The second kappa shape index (κ2) is 7.26. The molecule has 3 N–H and O–H groups in total. The molecule has 0 bridgehead atoms. The van der Waals surface area contributed by atoms with Crippen molar-refractivity contribution in [3.05, 3.63) is 54.9 Å². The molecule has 1 amide bonds. The lowest BCUT2D eigenvalue weighted by atomic mass is 10.2. The number of benzene rings is 2. The van der Waals surface area contributed by atoms with Crippen molar-refractivity contribution < 1.29 is 15.0 Å². The molecule has 0 spiro atoms. The zero-order valence-electron chi connectivity index (χ0n) is 10.8. The Morgan fingerprint density at radius 2 is 1.82 bits per heavy atom. The molecule has 0 aliphatic heterocycles. The fourth-order valence-corrected chi connectivity index (χ4v) is 3.19. The molecule has 0 saturated carbocycles. The number of hydrazone groups is 1. The lowest BCUT2D eigenvalue weighted by Gasteiger charge is -2.06. The second-order valence-electron chi connectivity index (χ2n) is 4.19. The quantitative estimate of drug-likeness (QED) is 0.445. The number of rotatable bonds is 3. The summed E-state index contributed by atoms with van der Waals surface area (Å²) >= 11 is 9.67. The van der Waals surface area contributed by atoms with Gasteiger partial charge in [0, 0.05) is 14.5 Å². The molecular weight excluding hydrogens is 484 g/mol. The first kappa shape index (κ1) is 17.0. The lowest BCUT2D eigenvalue weighted by Crippen LogP contribution is -2.18. The summed E-state index contributed by atoms with van der Waals surface area (Å²) in [4.78, 5) is 12.0. The molecular formula is C14H9Br3N2O3. The molecule has 2 aromatic rings. The van der Waals surface area contributed by atoms with E-state index in [0.29, 0.717) is 14.5 Å². The van der Waals surface area contributed by atoms with Crippen LogP contribution in [0.5, 0.6) is 11.5 Å². The summed E-state index contributed by atoms with van der Waals surface area (Å²) < 4.78 is 1.79. The van der Waals surface area contributed by atoms with Crippen LogP contribution in [0.3, 0.4) is 0 Å². The molecule has 0 atom stereocenters. The van der Waals surface area contributed by atoms with E-state index in [-0.39, 0.29) is 17.1 Å². The topological polar surface area (TPSA) is 81.9 Å². The van der Waals surface area contributed by atoms with E-state index in [0.717, 1.165) is 4.47 Å². The average Bonchev–Trinajstić information content (AvgIpc) is 2.46. The van der Waals surface area contributed by atoms with Crippen LogP contribution < -0.4 is 5.43 Å². The molecule has 2 aromatic carbocycles. The van der Waals surface area contributed by atoms with Crippen molar-refractivity contribution in [2.45, 2.75) is 0 Å². The van der Waals surface area contributed by atoms with Crippen molar-refractivity contribution in [3.8, 4) is 11.5 Å². The zero-order chi connectivity index (χ0) is 16.3. The van der Waals surface area contributed by atoms with Crippen LogP contribution in [0, 0.1) is 0 Å². The van der Waals surface area contributed by atoms with Gasteiger partial charge in [-0.15, -0.1) is 0 Å². The van der Waals surface area contributed by atoms with Crippen molar-refractivity contribution in [3.63, 3.8) is 0 Å². The summed E-state index contributed by atoms with van der Waals surface area (Å²) in [6.45, 7) is 0. The predicted octanol–water partition coefficient (Wildman–Crippen LogP) is 4.15. The Kier molecular flexibility index (Phi) is 5.60. The monoisotopic (exact) mass is 490 g/mol. The van der Waals surface area contributed by atoms with Crippen LogP contribution in [0.15, 0.2) is 48.9 Å². The fraction of sp³-hybridized carbons (Fsp3) is 0. The van der Waals surface area contributed by atoms with Crippen LogP contribution in [0.2, 0.25) is 0 Å². The van der Waals surface area contributed by atoms with Crippen LogP contribution in [0.1, 0.15) is 15.9 Å². The smallest absolute Gasteiger partial charge is 0.275 e. The molecule has 5 nitrogen and oxygen atoms in total. The number of carbonyl (C=O) groups is 1. The van der Waals surface area contributed by atoms with Gasteiger partial charge in [-0.25, -0.2) is 5.43 Å². The molecule has 114 valence electrons. The van der Waals surface area contributed by atoms with Gasteiger partial charge in [-0.2, -0.15) is 5.10 Å². The molecule has 8 heteroatoms. The third-order valence-corrected chi connectivity index (χ3v) is 4.19. The van der Waals surface area contributed by atoms with E-state index in [1.807, 2.05) is 0 Å². The Bertz CT molecular complexity index is 763. The second-order valence-corrected chi connectivity index (χ2v) is 6.87. The number of carbonyl (C=O) groups excluding carboxylic acids is 1. The minimum atomic E-state index is -0.578. The molecule has 0 heterocycles. The highest BCUT2D eigenvalue weighted by Crippen LogP contribution is 2.31. The number of nitrogens with zero attached hydrogens (tertiary/aromatic N) is 1. The first-order chi connectivity index (χ1) is 10.4. The number of aromatic hydroxyl groups is 2. The van der Waals surface area contributed by atoms with Gasteiger partial charge < -0.3 is 10.2 Å². The van der Waals surface area contributed by atoms with Crippen LogP contribution in [0.25, 0.3) is 0 Å². The van der Waals surface area contributed by atoms with Gasteiger partial charge in [0.25, 0.3) is 5.91 Å². The van der Waals surface area contributed by atoms with Crippen LogP contribution in [-0.4, -0.2) is 22.3 Å². The Balaban J connectivity index is 2.16. The number of phenolic OH excluding ortho intramolecular Hbond substituents is 2. The summed E-state index contributed by atoms with van der Waals surface area (Å²) in [5.74, 6) is -0.722. The highest BCUT2D eigenvalue weighted by Gasteiger charge is 2.14. The highest BCUT2D eigenvalue weighted by atomic mass is 79.9. The normalized spacial score (nSPS) is 10.9. The molecule has 0 aliphatic carbocycles. The van der Waals surface area contributed by atoms with E-state index in [2.05, 4.69) is 58.3 Å². The minimum absolute atomic E-state index is 0.0363. The maximum atomic E-state index is 12.0. The van der Waals surface area contributed by atoms with E-state index < -0.39 is 5.91 Å². The van der Waals surface area contributed by atoms with Gasteiger partial charge in [-0.05, 0) is 46.3 Å². The maximum Gasteiger partial charge on any atom is 0.275 e. The zero-order valence-corrected chi connectivity index (χ0v) is 15.6. The van der Waals surface area contributed by atoms with Crippen molar-refractivity contribution in [2.24, 2.45) is 5.10 Å². The van der Waals surface area contributed by atoms with Gasteiger partial charge >= 0.3 is 0 Å². The number of phenols is 2. The van der Waals surface area contributed by atoms with Crippen LogP contribution >= 0.6 is 47.8 Å². The third-order valence-electron chi connectivity index (χ3n) is 2.63. The largest absolute Gasteiger partial charge is 0.507 e. The fourth-order valence-electron chi connectivity index (χ4n) is 1.59. The summed E-state index contributed by atoms with van der Waals surface area (Å²) in [7, 11) is 0. The van der Waals surface area contributed by atoms with E-state index in [4.69, 9.17) is 0 Å². The predicted molar refractivity (Wildman–Crippen MR) is 94.4 cm³/mol. The van der Waals surface area contributed by atoms with Crippen molar-refractivity contribution in [2.75, 3.05) is 0 Å². The Morgan fingerprint density at radius 3 is 2.55 bits per heavy atom. The maximum absolute atomic E-state index is 12.0. The summed E-state index contributed by atoms with van der Waals surface area (Å²) in [6, 6.07) is 7.93. The molecule has 0 fully saturated rings. The summed E-state index contributed by atoms with van der Waals surface area (Å²) in [5, 5.41) is 23.3. The van der Waals surface area contributed by atoms with Gasteiger partial charge in [0.1, 0.15) is 11.5 Å². The van der Waals surface area contributed by atoms with Gasteiger partial charge in [0.2, 0.25) is 0 Å². The number of amides is 1. The number of halogens is 3. The van der Waals surface area contributed by atoms with Gasteiger partial charge in [-0.3, -0.25) is 4.79 Å². The van der Waals surface area contributed by atoms with Crippen molar-refractivity contribution in [1.29, 1.82) is 0 Å². The molecule has 0 radical (unpaired) electrons. The van der Waals surface area contributed by atoms with Crippen LogP contribution in [-0.2, 0) is 0 Å². The minimum Gasteiger partial charge on any atom is -0.507 e. The molecule has 0 saturated heterocycles. The molecule has 0 aromatic heterocycles. The highest BCUT2D eigenvalue weighted by molar-refractivity contribution is 9.11. The third kappa shape index (κ3) is 4.08. The van der Waals surface area contributed by atoms with E-state index >= 15 is 0 Å². The Morgan fingerprint density at radius 1 is 1.09 bits per heavy atom. The number of nitrogens with one attached hydrogen (secondary N) is 1. The first-order valence-electron chi connectivity index (χ1n) is 5.88. The van der Waals surface area contributed by atoms with Crippen molar-refractivity contribution >= 4 is 59.9 Å². The average molecular weight is 493 g/mol. The lowest BCUT2D eigenvalue weighted by molar-refractivity contribution is 0.0952. The summed E-state index contributed by atoms with van der Waals surface area (Å²) in [6.07, 6.45) is 1.31. The standard InChI is InChI=1S/C14H9Br3N2O3/c15-8-1-2-12(20)7(3-8)6-18-19-14(22)10-4-9(16)5-11(17)13(10)21/h1-6,20-21H,(H,19,22).